The van der Waals surface area contributed by atoms with Gasteiger partial charge in [-0.25, -0.2) is 0 Å². The summed E-state index contributed by atoms with van der Waals surface area (Å²) >= 11 is 0. The maximum absolute atomic E-state index is 12.8. The number of aliphatic hydroxyl groups is 1. The van der Waals surface area contributed by atoms with Gasteiger partial charge in [-0.2, -0.15) is 0 Å². The summed E-state index contributed by atoms with van der Waals surface area (Å²) in [5.74, 6) is 0.884. The van der Waals surface area contributed by atoms with Crippen LogP contribution in [-0.4, -0.2) is 50.0 Å². The predicted octanol–water partition coefficient (Wildman–Crippen LogP) is 4.12. The molecule has 3 aromatic carbocycles. The molecule has 1 amide bonds. The van der Waals surface area contributed by atoms with Crippen molar-refractivity contribution in [1.29, 1.82) is 0 Å². The van der Waals surface area contributed by atoms with E-state index in [2.05, 4.69) is 40.5 Å². The molecule has 1 fully saturated rings. The van der Waals surface area contributed by atoms with Crippen LogP contribution in [0.25, 0.3) is 11.1 Å². The average Bonchev–Trinajstić information content (AvgIpc) is 3.25. The molecule has 182 valence electrons. The Morgan fingerprint density at radius 2 is 1.77 bits per heavy atom. The molecule has 5 rings (SSSR count). The minimum absolute atomic E-state index is 0.0570. The lowest BCUT2D eigenvalue weighted by atomic mass is 9.84. The van der Waals surface area contributed by atoms with Crippen molar-refractivity contribution in [1.82, 2.24) is 5.32 Å². The second-order valence-electron chi connectivity index (χ2n) is 9.56. The van der Waals surface area contributed by atoms with Crippen molar-refractivity contribution in [2.24, 2.45) is 0 Å². The van der Waals surface area contributed by atoms with E-state index in [0.29, 0.717) is 13.0 Å². The van der Waals surface area contributed by atoms with Crippen LogP contribution in [0.15, 0.2) is 72.8 Å². The van der Waals surface area contributed by atoms with Gasteiger partial charge in [-0.1, -0.05) is 54.6 Å². The third-order valence-electron chi connectivity index (χ3n) is 6.96. The van der Waals surface area contributed by atoms with E-state index in [0.717, 1.165) is 28.1 Å². The van der Waals surface area contributed by atoms with Crippen molar-refractivity contribution in [3.05, 3.63) is 83.9 Å². The van der Waals surface area contributed by atoms with Gasteiger partial charge in [0.15, 0.2) is 0 Å². The molecule has 2 aliphatic rings. The minimum atomic E-state index is -0.452. The SMILES string of the molecule is CN(C)c1ccc2c(c1)[C@H]1C[C@H](CC(=O)NCc3ccc(-c4ccccc4)cc3)O[C@@H](CO)[C@H]1O2. The Kier molecular flexibility index (Phi) is 6.75. The molecule has 0 aliphatic carbocycles. The third-order valence-corrected chi connectivity index (χ3v) is 6.96. The minimum Gasteiger partial charge on any atom is -0.487 e. The Morgan fingerprint density at radius 1 is 1.03 bits per heavy atom. The van der Waals surface area contributed by atoms with Crippen molar-refractivity contribution in [3.8, 4) is 16.9 Å². The standard InChI is InChI=1S/C29H32N2O4/c1-31(2)22-12-13-26-24(14-22)25-15-23(34-27(18-32)29(25)35-26)16-28(33)30-17-19-8-10-21(11-9-19)20-6-4-3-5-7-20/h3-14,23,25,27,29,32H,15-18H2,1-2H3,(H,30,33)/t23-,25-,27+,29+/m1/s1. The molecule has 35 heavy (non-hydrogen) atoms. The summed E-state index contributed by atoms with van der Waals surface area (Å²) in [6, 6.07) is 24.6. The van der Waals surface area contributed by atoms with Gasteiger partial charge in [-0.05, 0) is 41.3 Å². The van der Waals surface area contributed by atoms with Crippen molar-refractivity contribution < 1.29 is 19.4 Å². The number of ether oxygens (including phenoxy) is 2. The van der Waals surface area contributed by atoms with Crippen molar-refractivity contribution in [3.63, 3.8) is 0 Å². The van der Waals surface area contributed by atoms with E-state index in [4.69, 9.17) is 9.47 Å². The first kappa shape index (κ1) is 23.4. The summed E-state index contributed by atoms with van der Waals surface area (Å²) in [5, 5.41) is 13.0. The number of amides is 1. The quantitative estimate of drug-likeness (QED) is 0.541. The molecule has 0 bridgehead atoms. The Balaban J connectivity index is 1.20. The number of aliphatic hydroxyl groups excluding tert-OH is 1. The number of nitrogens with zero attached hydrogens (tertiary/aromatic N) is 1. The lowest BCUT2D eigenvalue weighted by Gasteiger charge is -2.37. The number of fused-ring (bicyclic) bond motifs is 3. The number of carbonyl (C=O) groups excluding carboxylic acids is 1. The van der Waals surface area contributed by atoms with Gasteiger partial charge in [-0.3, -0.25) is 4.79 Å². The van der Waals surface area contributed by atoms with Gasteiger partial charge in [0, 0.05) is 37.8 Å². The van der Waals surface area contributed by atoms with E-state index in [1.54, 1.807) is 0 Å². The second kappa shape index (κ2) is 10.1. The Labute approximate surface area is 206 Å². The highest BCUT2D eigenvalue weighted by Crippen LogP contribution is 2.47. The van der Waals surface area contributed by atoms with E-state index in [-0.39, 0.29) is 37.1 Å². The van der Waals surface area contributed by atoms with Gasteiger partial charge >= 0.3 is 0 Å². The first-order chi connectivity index (χ1) is 17.0. The molecule has 2 N–H and O–H groups in total. The van der Waals surface area contributed by atoms with Gasteiger partial charge < -0.3 is 24.8 Å². The summed E-state index contributed by atoms with van der Waals surface area (Å²) in [7, 11) is 4.02. The molecule has 2 aliphatic heterocycles. The number of rotatable bonds is 7. The number of hydrogen-bond donors (Lipinski definition) is 2. The van der Waals surface area contributed by atoms with Crippen LogP contribution < -0.4 is 15.0 Å². The van der Waals surface area contributed by atoms with Gasteiger partial charge in [0.1, 0.15) is 18.0 Å². The zero-order chi connectivity index (χ0) is 24.4. The van der Waals surface area contributed by atoms with Gasteiger partial charge in [0.25, 0.3) is 0 Å². The molecule has 3 aromatic rings. The second-order valence-corrected chi connectivity index (χ2v) is 9.56. The fraction of sp³-hybridized carbons (Fsp3) is 0.345. The Hall–Kier alpha value is -3.35. The number of hydrogen-bond acceptors (Lipinski definition) is 5. The zero-order valence-electron chi connectivity index (χ0n) is 20.2. The average molecular weight is 473 g/mol. The fourth-order valence-electron chi connectivity index (χ4n) is 5.08. The van der Waals surface area contributed by atoms with Gasteiger partial charge in [0.2, 0.25) is 5.91 Å². The lowest BCUT2D eigenvalue weighted by molar-refractivity contribution is -0.142. The number of benzene rings is 3. The van der Waals surface area contributed by atoms with E-state index in [1.165, 1.54) is 5.56 Å². The Morgan fingerprint density at radius 3 is 2.49 bits per heavy atom. The van der Waals surface area contributed by atoms with Crippen LogP contribution in [0.2, 0.25) is 0 Å². The van der Waals surface area contributed by atoms with Gasteiger partial charge in [0.05, 0.1) is 19.1 Å². The summed E-state index contributed by atoms with van der Waals surface area (Å²) < 4.78 is 12.2. The van der Waals surface area contributed by atoms with Crippen LogP contribution in [0.5, 0.6) is 5.75 Å². The highest BCUT2D eigenvalue weighted by Gasteiger charge is 2.46. The molecule has 4 atom stereocenters. The smallest absolute Gasteiger partial charge is 0.222 e. The first-order valence-corrected chi connectivity index (χ1v) is 12.2. The van der Waals surface area contributed by atoms with E-state index < -0.39 is 6.10 Å². The highest BCUT2D eigenvalue weighted by atomic mass is 16.6. The third kappa shape index (κ3) is 5.04. The fourth-order valence-corrected chi connectivity index (χ4v) is 5.08. The number of carbonyl (C=O) groups is 1. The van der Waals surface area contributed by atoms with Crippen molar-refractivity contribution in [2.75, 3.05) is 25.6 Å². The molecular weight excluding hydrogens is 440 g/mol. The van der Waals surface area contributed by atoms with Crippen LogP contribution in [0.3, 0.4) is 0 Å². The normalized spacial score (nSPS) is 22.6. The maximum atomic E-state index is 12.8. The monoisotopic (exact) mass is 472 g/mol. The van der Waals surface area contributed by atoms with Crippen LogP contribution in [-0.2, 0) is 16.1 Å². The molecule has 0 radical (unpaired) electrons. The number of anilines is 1. The molecule has 0 spiro atoms. The Bertz CT molecular complexity index is 1160. The molecule has 0 unspecified atom stereocenters. The summed E-state index contributed by atoms with van der Waals surface area (Å²) in [5.41, 5.74) is 5.60. The molecule has 1 saturated heterocycles. The van der Waals surface area contributed by atoms with Crippen LogP contribution in [0, 0.1) is 0 Å². The molecule has 6 nitrogen and oxygen atoms in total. The van der Waals surface area contributed by atoms with E-state index >= 15 is 0 Å². The largest absolute Gasteiger partial charge is 0.487 e. The van der Waals surface area contributed by atoms with Crippen LogP contribution in [0.1, 0.15) is 29.9 Å². The molecule has 0 saturated carbocycles. The van der Waals surface area contributed by atoms with E-state index in [9.17, 15) is 9.90 Å². The lowest BCUT2D eigenvalue weighted by Crippen LogP contribution is -2.47. The van der Waals surface area contributed by atoms with E-state index in [1.807, 2.05) is 56.6 Å². The number of nitrogens with one attached hydrogen (secondary N) is 1. The maximum Gasteiger partial charge on any atom is 0.222 e. The highest BCUT2D eigenvalue weighted by molar-refractivity contribution is 5.76. The van der Waals surface area contributed by atoms with Crippen LogP contribution >= 0.6 is 0 Å². The molecule has 2 heterocycles. The molecular formula is C29H32N2O4. The van der Waals surface area contributed by atoms with Gasteiger partial charge in [-0.15, -0.1) is 0 Å². The summed E-state index contributed by atoms with van der Waals surface area (Å²) in [4.78, 5) is 14.8. The topological polar surface area (TPSA) is 71.0 Å². The summed E-state index contributed by atoms with van der Waals surface area (Å²) in [6.07, 6.45) is -0.0112. The van der Waals surface area contributed by atoms with Crippen molar-refractivity contribution in [2.45, 2.75) is 43.6 Å². The molecule has 6 heteroatoms. The molecule has 0 aromatic heterocycles. The zero-order valence-corrected chi connectivity index (χ0v) is 20.2. The first-order valence-electron chi connectivity index (χ1n) is 12.2. The van der Waals surface area contributed by atoms with Crippen LogP contribution in [0.4, 0.5) is 5.69 Å². The van der Waals surface area contributed by atoms with Crippen molar-refractivity contribution >= 4 is 11.6 Å². The summed E-state index contributed by atoms with van der Waals surface area (Å²) in [6.45, 7) is 0.329. The predicted molar refractivity (Wildman–Crippen MR) is 137 cm³/mol.